The lowest BCUT2D eigenvalue weighted by molar-refractivity contribution is -0.141. The highest BCUT2D eigenvalue weighted by Gasteiger charge is 2.30. The first kappa shape index (κ1) is 34.7. The number of carbonyl (C=O) groups excluding carboxylic acids is 2. The summed E-state index contributed by atoms with van der Waals surface area (Å²) in [5.41, 5.74) is -0.0334. The van der Waals surface area contributed by atoms with Gasteiger partial charge in [0.05, 0.1) is 12.0 Å². The number of carbonyl (C=O) groups is 3. The van der Waals surface area contributed by atoms with Gasteiger partial charge in [-0.3, -0.25) is 19.4 Å². The Morgan fingerprint density at radius 1 is 1.22 bits per heavy atom. The van der Waals surface area contributed by atoms with Crippen LogP contribution < -0.4 is 10.6 Å². The van der Waals surface area contributed by atoms with E-state index in [-0.39, 0.29) is 37.3 Å². The van der Waals surface area contributed by atoms with Crippen LogP contribution in [0.4, 0.5) is 4.79 Å². The molecule has 3 atom stereocenters. The Bertz CT molecular complexity index is 1150. The number of hydrogen-bond acceptors (Lipinski definition) is 9. The molecule has 41 heavy (non-hydrogen) atoms. The fourth-order valence-electron chi connectivity index (χ4n) is 3.82. The number of nitrogens with one attached hydrogen (secondary N) is 2. The van der Waals surface area contributed by atoms with Gasteiger partial charge in [-0.05, 0) is 75.5 Å². The monoisotopic (exact) mass is 631 g/mol. The molecule has 2 amide bonds. The maximum atomic E-state index is 12.7. The lowest BCUT2D eigenvalue weighted by atomic mass is 9.90. The van der Waals surface area contributed by atoms with Crippen molar-refractivity contribution < 1.29 is 43.1 Å². The van der Waals surface area contributed by atoms with Crippen molar-refractivity contribution in [1.82, 2.24) is 15.6 Å². The fraction of sp³-hybridized carbons (Fsp3) is 0.538. The summed E-state index contributed by atoms with van der Waals surface area (Å²) in [6.45, 7) is 6.67. The molecule has 0 bridgehead atoms. The molecule has 0 aliphatic heterocycles. The molecule has 1 aromatic heterocycles. The van der Waals surface area contributed by atoms with E-state index in [0.29, 0.717) is 17.7 Å². The first-order chi connectivity index (χ1) is 19.1. The predicted molar refractivity (Wildman–Crippen MR) is 157 cm³/mol. The summed E-state index contributed by atoms with van der Waals surface area (Å²) in [7, 11) is -1.82. The van der Waals surface area contributed by atoms with Crippen molar-refractivity contribution in [2.24, 2.45) is 5.92 Å². The summed E-state index contributed by atoms with van der Waals surface area (Å²) < 4.78 is 21.7. The van der Waals surface area contributed by atoms with Gasteiger partial charge in [-0.25, -0.2) is 14.3 Å². The van der Waals surface area contributed by atoms with Crippen molar-refractivity contribution in [2.45, 2.75) is 82.5 Å². The number of carboxylic acids is 1. The maximum absolute atomic E-state index is 12.7. The number of allylic oxidation sites excluding steroid dienone is 2. The number of hydrogen-bond donors (Lipinski definition) is 5. The number of aromatic nitrogens is 1. The van der Waals surface area contributed by atoms with Crippen LogP contribution in [0.2, 0.25) is 0 Å². The van der Waals surface area contributed by atoms with Crippen molar-refractivity contribution in [3.05, 3.63) is 47.9 Å². The zero-order valence-corrected chi connectivity index (χ0v) is 26.0. The van der Waals surface area contributed by atoms with Gasteiger partial charge in [0.1, 0.15) is 16.4 Å². The summed E-state index contributed by atoms with van der Waals surface area (Å²) in [5, 5.41) is 15.8. The number of phosphoric acid groups is 1. The van der Waals surface area contributed by atoms with Gasteiger partial charge in [0, 0.05) is 24.4 Å². The summed E-state index contributed by atoms with van der Waals surface area (Å²) >= 11 is 0. The predicted octanol–water partition coefficient (Wildman–Crippen LogP) is 4.80. The minimum absolute atomic E-state index is 0.0916. The number of carboxylic acid groups (broad SMARTS) is 1. The minimum atomic E-state index is -4.89. The number of ether oxygens (including phenoxy) is 1. The third kappa shape index (κ3) is 14.8. The standard InChI is InChI=1S/C26H38N3O9PS2/c1-17(24(31)32)14-19(28-25(33)37-26(2,3)4)15-18-10-11-21(38-39(34,35)36)20(16-18)29-22(30)8-7-13-40-41-23-9-5-6-12-27-23/h5-6,9-12,17,19-20H,7-8,13-16H2,1-4H3,(H,28,33)(H,29,30)(H,31,32)(H2,34,35,36). The van der Waals surface area contributed by atoms with Crippen LogP contribution in [0.1, 0.15) is 59.8 Å². The summed E-state index contributed by atoms with van der Waals surface area (Å²) in [6, 6.07) is 4.15. The molecular weight excluding hydrogens is 593 g/mol. The molecule has 1 heterocycles. The molecule has 1 aromatic rings. The highest BCUT2D eigenvalue weighted by Crippen LogP contribution is 2.41. The number of aliphatic carboxylic acids is 1. The highest BCUT2D eigenvalue weighted by molar-refractivity contribution is 8.76. The third-order valence-electron chi connectivity index (χ3n) is 5.56. The zero-order valence-electron chi connectivity index (χ0n) is 23.4. The van der Waals surface area contributed by atoms with Gasteiger partial charge in [0.2, 0.25) is 5.91 Å². The van der Waals surface area contributed by atoms with E-state index >= 15 is 0 Å². The Labute approximate surface area is 247 Å². The van der Waals surface area contributed by atoms with Crippen molar-refractivity contribution >= 4 is 47.4 Å². The van der Waals surface area contributed by atoms with Gasteiger partial charge in [0.25, 0.3) is 0 Å². The molecule has 0 saturated carbocycles. The molecule has 1 aliphatic carbocycles. The Kier molecular flexibility index (Phi) is 13.7. The van der Waals surface area contributed by atoms with Gasteiger partial charge in [0.15, 0.2) is 0 Å². The fourth-order valence-corrected chi connectivity index (χ4v) is 6.25. The van der Waals surface area contributed by atoms with E-state index in [1.165, 1.54) is 23.8 Å². The quantitative estimate of drug-likeness (QED) is 0.101. The van der Waals surface area contributed by atoms with E-state index in [9.17, 15) is 33.8 Å². The number of nitrogens with zero attached hydrogens (tertiary/aromatic N) is 1. The molecule has 0 aromatic carbocycles. The van der Waals surface area contributed by atoms with E-state index in [0.717, 1.165) is 5.03 Å². The van der Waals surface area contributed by atoms with Crippen molar-refractivity contribution in [3.63, 3.8) is 0 Å². The number of amides is 2. The Morgan fingerprint density at radius 2 is 1.95 bits per heavy atom. The van der Waals surface area contributed by atoms with E-state index in [4.69, 9.17) is 9.26 Å². The smallest absolute Gasteiger partial charge is 0.481 e. The third-order valence-corrected chi connectivity index (χ3v) is 8.36. The van der Waals surface area contributed by atoms with Crippen LogP contribution in [-0.2, 0) is 23.4 Å². The van der Waals surface area contributed by atoms with Gasteiger partial charge in [-0.15, -0.1) is 0 Å². The lowest BCUT2D eigenvalue weighted by Gasteiger charge is -2.29. The molecule has 2 rings (SSSR count). The van der Waals surface area contributed by atoms with Crippen LogP contribution >= 0.6 is 29.4 Å². The number of alkyl carbamates (subject to hydrolysis) is 1. The molecule has 228 valence electrons. The van der Waals surface area contributed by atoms with Crippen LogP contribution in [0.3, 0.4) is 0 Å². The molecule has 0 spiro atoms. The second-order valence-electron chi connectivity index (χ2n) is 10.5. The van der Waals surface area contributed by atoms with Gasteiger partial charge in [-0.2, -0.15) is 0 Å². The number of rotatable bonds is 15. The Balaban J connectivity index is 2.04. The average molecular weight is 632 g/mol. The molecule has 3 unspecified atom stereocenters. The van der Waals surface area contributed by atoms with Gasteiger partial charge in [-0.1, -0.05) is 35.4 Å². The normalized spacial score (nSPS) is 17.0. The SMILES string of the molecule is CC(CC(CC1=CC=C(OP(=O)(O)O)C(NC(=O)CCCSSc2ccccn2)C1)NC(=O)OC(C)(C)C)C(=O)O. The number of phosphoric ester groups is 1. The first-order valence-electron chi connectivity index (χ1n) is 13.0. The van der Waals surface area contributed by atoms with Gasteiger partial charge < -0.3 is 25.0 Å². The van der Waals surface area contributed by atoms with E-state index < -0.39 is 43.5 Å². The summed E-state index contributed by atoms with van der Waals surface area (Å²) in [6.07, 6.45) is 5.22. The molecule has 0 radical (unpaired) electrons. The summed E-state index contributed by atoms with van der Waals surface area (Å²) in [5.74, 6) is -1.50. The van der Waals surface area contributed by atoms with Crippen molar-refractivity contribution in [1.29, 1.82) is 0 Å². The van der Waals surface area contributed by atoms with E-state index in [2.05, 4.69) is 15.6 Å². The summed E-state index contributed by atoms with van der Waals surface area (Å²) in [4.78, 5) is 59.6. The molecule has 12 nitrogen and oxygen atoms in total. The van der Waals surface area contributed by atoms with Crippen LogP contribution in [0.15, 0.2) is 52.9 Å². The van der Waals surface area contributed by atoms with E-state index in [1.54, 1.807) is 43.8 Å². The minimum Gasteiger partial charge on any atom is -0.481 e. The molecular formula is C26H38N3O9PS2. The molecule has 0 fully saturated rings. The van der Waals surface area contributed by atoms with Crippen LogP contribution in [0, 0.1) is 5.92 Å². The Hall–Kier alpha value is -2.51. The largest absolute Gasteiger partial charge is 0.524 e. The van der Waals surface area contributed by atoms with Crippen molar-refractivity contribution in [2.75, 3.05) is 5.75 Å². The second-order valence-corrected chi connectivity index (χ2v) is 14.1. The molecule has 0 saturated heterocycles. The molecule has 15 heteroatoms. The average Bonchev–Trinajstić information content (AvgIpc) is 2.84. The van der Waals surface area contributed by atoms with E-state index in [1.807, 2.05) is 18.2 Å². The van der Waals surface area contributed by atoms with Gasteiger partial charge >= 0.3 is 19.9 Å². The van der Waals surface area contributed by atoms with Crippen molar-refractivity contribution in [3.8, 4) is 0 Å². The van der Waals surface area contributed by atoms with Crippen LogP contribution in [0.25, 0.3) is 0 Å². The molecule has 5 N–H and O–H groups in total. The van der Waals surface area contributed by atoms with Crippen LogP contribution in [-0.4, -0.2) is 61.3 Å². The Morgan fingerprint density at radius 3 is 2.56 bits per heavy atom. The molecule has 1 aliphatic rings. The highest BCUT2D eigenvalue weighted by atomic mass is 33.1. The second kappa shape index (κ2) is 16.2. The zero-order chi connectivity index (χ0) is 30.6. The maximum Gasteiger partial charge on any atom is 0.524 e. The topological polar surface area (TPSA) is 184 Å². The lowest BCUT2D eigenvalue weighted by Crippen LogP contribution is -2.42. The number of pyridine rings is 1. The van der Waals surface area contributed by atoms with Crippen LogP contribution in [0.5, 0.6) is 0 Å². The first-order valence-corrected chi connectivity index (χ1v) is 16.8.